The van der Waals surface area contributed by atoms with Gasteiger partial charge in [0.15, 0.2) is 0 Å². The van der Waals surface area contributed by atoms with E-state index in [9.17, 15) is 19.5 Å². The first-order valence-electron chi connectivity index (χ1n) is 13.0. The van der Waals surface area contributed by atoms with Crippen LogP contribution in [0.5, 0.6) is 0 Å². The minimum atomic E-state index is -0.746. The van der Waals surface area contributed by atoms with Gasteiger partial charge in [0.1, 0.15) is 12.2 Å². The van der Waals surface area contributed by atoms with Crippen LogP contribution >= 0.6 is 0 Å². The molecule has 4 fully saturated rings. The smallest absolute Gasteiger partial charge is 0.303 e. The van der Waals surface area contributed by atoms with E-state index in [1.165, 1.54) is 20.3 Å². The lowest BCUT2D eigenvalue weighted by atomic mass is 9.43. The molecule has 0 aromatic rings. The third kappa shape index (κ3) is 4.20. The summed E-state index contributed by atoms with van der Waals surface area (Å²) in [5.41, 5.74) is 0.00387. The molecule has 0 bridgehead atoms. The van der Waals surface area contributed by atoms with E-state index in [0.29, 0.717) is 23.7 Å². The molecule has 4 saturated carbocycles. The number of fused-ring (bicyclic) bond motifs is 5. The zero-order chi connectivity index (χ0) is 24.1. The Morgan fingerprint density at radius 1 is 0.939 bits per heavy atom. The Labute approximate surface area is 198 Å². The van der Waals surface area contributed by atoms with Crippen molar-refractivity contribution < 1.29 is 29.0 Å². The van der Waals surface area contributed by atoms with Gasteiger partial charge in [-0.05, 0) is 92.3 Å². The summed E-state index contributed by atoms with van der Waals surface area (Å²) in [6.45, 7) is 9.80. The average Bonchev–Trinajstić information content (AvgIpc) is 3.06. The van der Waals surface area contributed by atoms with Crippen molar-refractivity contribution in [3.63, 3.8) is 0 Å². The Balaban J connectivity index is 1.62. The van der Waals surface area contributed by atoms with Crippen LogP contribution in [0.15, 0.2) is 0 Å². The molecule has 4 aliphatic rings. The zero-order valence-electron chi connectivity index (χ0n) is 21.0. The highest BCUT2D eigenvalue weighted by Gasteiger charge is 2.65. The third-order valence-electron chi connectivity index (χ3n) is 10.6. The summed E-state index contributed by atoms with van der Waals surface area (Å²) in [5.74, 6) is 1.24. The van der Waals surface area contributed by atoms with E-state index in [2.05, 4.69) is 20.8 Å². The molecule has 0 spiro atoms. The summed E-state index contributed by atoms with van der Waals surface area (Å²) in [5, 5.41) is 9.45. The molecule has 6 heteroatoms. The largest absolute Gasteiger partial charge is 0.481 e. The van der Waals surface area contributed by atoms with Gasteiger partial charge in [0.2, 0.25) is 0 Å². The van der Waals surface area contributed by atoms with Crippen LogP contribution in [-0.2, 0) is 23.9 Å². The molecule has 0 heterocycles. The van der Waals surface area contributed by atoms with Crippen molar-refractivity contribution in [3.8, 4) is 0 Å². The van der Waals surface area contributed by atoms with Crippen molar-refractivity contribution in [1.29, 1.82) is 0 Å². The van der Waals surface area contributed by atoms with Gasteiger partial charge in [-0.1, -0.05) is 20.8 Å². The second-order valence-electron chi connectivity index (χ2n) is 12.1. The van der Waals surface area contributed by atoms with Crippen molar-refractivity contribution in [2.24, 2.45) is 46.3 Å². The van der Waals surface area contributed by atoms with E-state index < -0.39 is 5.97 Å². The maximum atomic E-state index is 12.2. The highest BCUT2D eigenvalue weighted by atomic mass is 16.5. The summed E-state index contributed by atoms with van der Waals surface area (Å²) in [6.07, 6.45) is 8.27. The summed E-state index contributed by atoms with van der Waals surface area (Å²) in [6, 6.07) is 0. The van der Waals surface area contributed by atoms with Gasteiger partial charge in [-0.2, -0.15) is 0 Å². The average molecular weight is 463 g/mol. The predicted molar refractivity (Wildman–Crippen MR) is 123 cm³/mol. The van der Waals surface area contributed by atoms with Gasteiger partial charge in [0.25, 0.3) is 0 Å². The monoisotopic (exact) mass is 462 g/mol. The molecular weight excluding hydrogens is 420 g/mol. The highest BCUT2D eigenvalue weighted by molar-refractivity contribution is 5.67. The number of aliphatic carboxylic acids is 1. The minimum absolute atomic E-state index is 0.0305. The van der Waals surface area contributed by atoms with Crippen LogP contribution in [0.25, 0.3) is 0 Å². The summed E-state index contributed by atoms with van der Waals surface area (Å²) < 4.78 is 11.7. The van der Waals surface area contributed by atoms with Gasteiger partial charge in [-0.25, -0.2) is 0 Å². The van der Waals surface area contributed by atoms with Crippen molar-refractivity contribution in [1.82, 2.24) is 0 Å². The van der Waals surface area contributed by atoms with Crippen LogP contribution in [0.3, 0.4) is 0 Å². The Hall–Kier alpha value is -1.59. The molecule has 1 N–H and O–H groups in total. The molecule has 0 amide bonds. The Bertz CT molecular complexity index is 793. The number of carboxylic acids is 1. The minimum Gasteiger partial charge on any atom is -0.481 e. The lowest BCUT2D eigenvalue weighted by Gasteiger charge is -2.62. The van der Waals surface area contributed by atoms with Gasteiger partial charge in [-0.15, -0.1) is 0 Å². The van der Waals surface area contributed by atoms with E-state index in [-0.39, 0.29) is 53.2 Å². The topological polar surface area (TPSA) is 89.9 Å². The number of ether oxygens (including phenoxy) is 2. The first kappa shape index (κ1) is 24.5. The maximum Gasteiger partial charge on any atom is 0.303 e. The van der Waals surface area contributed by atoms with Crippen LogP contribution in [0.2, 0.25) is 0 Å². The fourth-order valence-electron chi connectivity index (χ4n) is 9.25. The lowest BCUT2D eigenvalue weighted by Crippen LogP contribution is -2.59. The fourth-order valence-corrected chi connectivity index (χ4v) is 9.25. The van der Waals surface area contributed by atoms with Crippen LogP contribution in [0.4, 0.5) is 0 Å². The molecule has 4 rings (SSSR count). The van der Waals surface area contributed by atoms with E-state index >= 15 is 0 Å². The van der Waals surface area contributed by atoms with Crippen molar-refractivity contribution in [2.45, 2.75) is 105 Å². The summed E-state index contributed by atoms with van der Waals surface area (Å²) >= 11 is 0. The molecule has 33 heavy (non-hydrogen) atoms. The lowest BCUT2D eigenvalue weighted by molar-refractivity contribution is -0.198. The zero-order valence-corrected chi connectivity index (χ0v) is 21.0. The van der Waals surface area contributed by atoms with E-state index in [4.69, 9.17) is 9.47 Å². The number of carbonyl (C=O) groups is 3. The third-order valence-corrected chi connectivity index (χ3v) is 10.6. The Morgan fingerprint density at radius 2 is 1.64 bits per heavy atom. The van der Waals surface area contributed by atoms with Crippen molar-refractivity contribution >= 4 is 17.9 Å². The normalized spacial score (nSPS) is 45.2. The second kappa shape index (κ2) is 8.88. The standard InChI is InChI=1S/C27H42O6/c1-15(12-25(30)31)21-8-9-22-20-7-6-18-13-19(32-16(2)28)10-11-26(18,4)23(20)14-24(27(21,22)5)33-17(3)29/h15,18-24H,6-14H2,1-5H3,(H,30,31)/t15-,18?,19-,20+,21-,22+,23+,24+,26+,27-/m1/s1. The number of esters is 2. The predicted octanol–water partition coefficient (Wildman–Crippen LogP) is 5.23. The van der Waals surface area contributed by atoms with Crippen molar-refractivity contribution in [2.75, 3.05) is 0 Å². The molecule has 0 aromatic carbocycles. The van der Waals surface area contributed by atoms with Crippen LogP contribution in [-0.4, -0.2) is 35.2 Å². The molecule has 1 unspecified atom stereocenters. The van der Waals surface area contributed by atoms with Crippen LogP contribution in [0.1, 0.15) is 92.4 Å². The van der Waals surface area contributed by atoms with E-state index in [0.717, 1.165) is 44.9 Å². The number of hydrogen-bond acceptors (Lipinski definition) is 5. The second-order valence-corrected chi connectivity index (χ2v) is 12.1. The molecule has 4 aliphatic carbocycles. The van der Waals surface area contributed by atoms with Gasteiger partial charge >= 0.3 is 17.9 Å². The number of carboxylic acid groups (broad SMARTS) is 1. The first-order chi connectivity index (χ1) is 15.5. The van der Waals surface area contributed by atoms with Gasteiger partial charge < -0.3 is 14.6 Å². The molecule has 0 radical (unpaired) electrons. The highest BCUT2D eigenvalue weighted by Crippen LogP contribution is 2.69. The molecule has 0 aromatic heterocycles. The Kier molecular flexibility index (Phi) is 6.60. The summed E-state index contributed by atoms with van der Waals surface area (Å²) in [4.78, 5) is 35.2. The molecule has 186 valence electrons. The maximum absolute atomic E-state index is 12.2. The fraction of sp³-hybridized carbons (Fsp3) is 0.889. The van der Waals surface area contributed by atoms with Gasteiger partial charge in [0, 0.05) is 25.7 Å². The molecule has 0 aliphatic heterocycles. The van der Waals surface area contributed by atoms with Gasteiger partial charge in [0.05, 0.1) is 0 Å². The van der Waals surface area contributed by atoms with E-state index in [1.54, 1.807) is 0 Å². The van der Waals surface area contributed by atoms with Crippen LogP contribution < -0.4 is 0 Å². The quantitative estimate of drug-likeness (QED) is 0.563. The number of rotatable bonds is 5. The molecular formula is C27H42O6. The van der Waals surface area contributed by atoms with Gasteiger partial charge in [-0.3, -0.25) is 14.4 Å². The molecule has 0 saturated heterocycles. The van der Waals surface area contributed by atoms with Crippen molar-refractivity contribution in [3.05, 3.63) is 0 Å². The Morgan fingerprint density at radius 3 is 2.27 bits per heavy atom. The first-order valence-corrected chi connectivity index (χ1v) is 13.0. The summed E-state index contributed by atoms with van der Waals surface area (Å²) in [7, 11) is 0. The number of hydrogen-bond donors (Lipinski definition) is 1. The van der Waals surface area contributed by atoms with E-state index in [1.807, 2.05) is 0 Å². The SMILES string of the molecule is CC(=O)O[C@@H]1CC[C@@]2(C)C(CC[C@H]3[C@@H]4CC[C@H]([C@H](C)CC(=O)O)[C@@]4(C)[C@@H](OC(C)=O)C[C@@H]32)C1. The number of carbonyl (C=O) groups excluding carboxylic acids is 2. The van der Waals surface area contributed by atoms with Crippen LogP contribution in [0, 0.1) is 46.3 Å². The molecule has 6 nitrogen and oxygen atoms in total. The molecule has 10 atom stereocenters.